The molecular weight excluding hydrogens is 726 g/mol. The number of likely N-dealkylation sites (tertiary alicyclic amines) is 2. The number of alkyl halides is 2. The minimum atomic E-state index is -2.56. The van der Waals surface area contributed by atoms with Crippen LogP contribution in [0.15, 0.2) is 30.5 Å². The molecule has 0 radical (unpaired) electrons. The lowest BCUT2D eigenvalue weighted by atomic mass is 9.91. The van der Waals surface area contributed by atoms with E-state index in [0.29, 0.717) is 53.0 Å². The number of phenolic OH excluding ortho intramolecular Hbond substituents is 1. The van der Waals surface area contributed by atoms with Crippen LogP contribution >= 0.6 is 0 Å². The molecule has 2 atom stereocenters. The fourth-order valence-electron chi connectivity index (χ4n) is 10.3. The molecule has 6 aliphatic rings. The zero-order valence-corrected chi connectivity index (χ0v) is 31.0. The van der Waals surface area contributed by atoms with Crippen LogP contribution in [0.1, 0.15) is 37.7 Å². The molecule has 2 aromatic heterocycles. The van der Waals surface area contributed by atoms with Gasteiger partial charge < -0.3 is 24.4 Å². The Morgan fingerprint density at radius 3 is 2.43 bits per heavy atom. The number of rotatable bonds is 9. The van der Waals surface area contributed by atoms with E-state index in [-0.39, 0.29) is 69.9 Å². The van der Waals surface area contributed by atoms with E-state index in [1.54, 1.807) is 11.7 Å². The van der Waals surface area contributed by atoms with Gasteiger partial charge in [0.25, 0.3) is 5.92 Å². The molecule has 6 heterocycles. The Kier molecular flexibility index (Phi) is 7.34. The molecule has 3 aromatic carbocycles. The number of halogens is 4. The van der Waals surface area contributed by atoms with Gasteiger partial charge in [-0.15, -0.1) is 6.42 Å². The molecule has 2 bridgehead atoms. The molecule has 2 aliphatic carbocycles. The van der Waals surface area contributed by atoms with Crippen molar-refractivity contribution in [3.8, 4) is 35.2 Å². The van der Waals surface area contributed by atoms with Gasteiger partial charge in [0.2, 0.25) is 0 Å². The fraction of sp³-hybridized carbons (Fsp3) is 0.500. The second kappa shape index (κ2) is 11.9. The molecule has 2 saturated carbocycles. The second-order valence-electron chi connectivity index (χ2n) is 17.5. The molecule has 5 aromatic rings. The summed E-state index contributed by atoms with van der Waals surface area (Å²) in [6.07, 6.45) is 11.3. The van der Waals surface area contributed by atoms with Crippen molar-refractivity contribution >= 4 is 38.4 Å². The number of fused-ring (bicyclic) bond motifs is 6. The van der Waals surface area contributed by atoms with Gasteiger partial charge in [-0.2, -0.15) is 15.1 Å². The topological polar surface area (TPSA) is 92.0 Å². The highest BCUT2D eigenvalue weighted by Gasteiger charge is 2.76. The Balaban J connectivity index is 1.04. The molecule has 290 valence electrons. The molecule has 2 unspecified atom stereocenters. The molecule has 10 nitrogen and oxygen atoms in total. The van der Waals surface area contributed by atoms with Crippen molar-refractivity contribution in [2.45, 2.75) is 50.1 Å². The number of anilines is 1. The van der Waals surface area contributed by atoms with Crippen molar-refractivity contribution in [1.29, 1.82) is 0 Å². The van der Waals surface area contributed by atoms with Crippen LogP contribution < -0.4 is 9.64 Å². The first-order chi connectivity index (χ1) is 26.9. The summed E-state index contributed by atoms with van der Waals surface area (Å²) in [5.74, 6) is -0.519. The summed E-state index contributed by atoms with van der Waals surface area (Å²) < 4.78 is 74.5. The monoisotopic (exact) mass is 767 g/mol. The van der Waals surface area contributed by atoms with Crippen molar-refractivity contribution in [3.05, 3.63) is 47.7 Å². The van der Waals surface area contributed by atoms with Crippen LogP contribution in [0, 0.1) is 40.7 Å². The van der Waals surface area contributed by atoms with Crippen molar-refractivity contribution in [2.75, 3.05) is 64.0 Å². The maximum Gasteiger partial charge on any atom is 0.319 e. The second-order valence-corrected chi connectivity index (χ2v) is 17.5. The Hall–Kier alpha value is -4.71. The molecule has 1 spiro atoms. The van der Waals surface area contributed by atoms with Crippen LogP contribution in [0.4, 0.5) is 23.4 Å². The number of benzene rings is 3. The molecule has 56 heavy (non-hydrogen) atoms. The SMILES string of the molecule is C#Cc1c(F)ccc2cc(O)cc(-c3c(F)c4nc(OCC5(CN6CC7(C6)CC7(F)F)CC5)nc(N5C6CCC5CN(CC5COC5)C6)c4c4cn(C)nc34)c12. The predicted molar refractivity (Wildman–Crippen MR) is 202 cm³/mol. The van der Waals surface area contributed by atoms with E-state index >= 15 is 8.78 Å². The van der Waals surface area contributed by atoms with Crippen molar-refractivity contribution in [3.63, 3.8) is 0 Å². The van der Waals surface area contributed by atoms with Crippen LogP contribution in [-0.4, -0.2) is 112 Å². The van der Waals surface area contributed by atoms with E-state index in [4.69, 9.17) is 31.0 Å². The van der Waals surface area contributed by atoms with Crippen molar-refractivity contribution in [2.24, 2.45) is 23.8 Å². The predicted octanol–water partition coefficient (Wildman–Crippen LogP) is 6.10. The first-order valence-corrected chi connectivity index (χ1v) is 19.5. The van der Waals surface area contributed by atoms with Gasteiger partial charge in [0.1, 0.15) is 28.4 Å². The normalized spacial score (nSPS) is 24.8. The largest absolute Gasteiger partial charge is 0.508 e. The highest BCUT2D eigenvalue weighted by atomic mass is 19.3. The van der Waals surface area contributed by atoms with Gasteiger partial charge >= 0.3 is 6.01 Å². The van der Waals surface area contributed by atoms with Gasteiger partial charge in [0.05, 0.1) is 36.2 Å². The van der Waals surface area contributed by atoms with Crippen LogP contribution in [0.3, 0.4) is 0 Å². The Morgan fingerprint density at radius 2 is 1.77 bits per heavy atom. The summed E-state index contributed by atoms with van der Waals surface area (Å²) >= 11 is 0. The molecule has 4 saturated heterocycles. The van der Waals surface area contributed by atoms with Crippen LogP contribution in [0.2, 0.25) is 0 Å². The van der Waals surface area contributed by atoms with Crippen LogP contribution in [0.25, 0.3) is 43.7 Å². The molecule has 4 aliphatic heterocycles. The van der Waals surface area contributed by atoms with E-state index in [0.717, 1.165) is 58.5 Å². The Labute approximate surface area is 320 Å². The zero-order chi connectivity index (χ0) is 38.3. The average molecular weight is 768 g/mol. The third-order valence-corrected chi connectivity index (χ3v) is 13.4. The van der Waals surface area contributed by atoms with E-state index in [2.05, 4.69) is 20.6 Å². The molecule has 11 rings (SSSR count). The van der Waals surface area contributed by atoms with E-state index in [1.807, 2.05) is 6.20 Å². The fourth-order valence-corrected chi connectivity index (χ4v) is 10.3. The van der Waals surface area contributed by atoms with Gasteiger partial charge in [0.15, 0.2) is 5.82 Å². The van der Waals surface area contributed by atoms with Gasteiger partial charge in [-0.3, -0.25) is 9.58 Å². The number of nitrogens with zero attached hydrogens (tertiary/aromatic N) is 7. The maximum absolute atomic E-state index is 17.8. The highest BCUT2D eigenvalue weighted by Crippen LogP contribution is 2.66. The summed E-state index contributed by atoms with van der Waals surface area (Å²) in [7, 11) is 1.75. The number of hydrogen-bond acceptors (Lipinski definition) is 9. The van der Waals surface area contributed by atoms with Crippen LogP contribution in [0.5, 0.6) is 11.8 Å². The summed E-state index contributed by atoms with van der Waals surface area (Å²) in [6.45, 7) is 5.91. The third kappa shape index (κ3) is 5.23. The quantitative estimate of drug-likeness (QED) is 0.141. The number of aromatic nitrogens is 4. The minimum absolute atomic E-state index is 0.0228. The molecule has 6 fully saturated rings. The van der Waals surface area contributed by atoms with Crippen LogP contribution in [-0.2, 0) is 11.8 Å². The van der Waals surface area contributed by atoms with Gasteiger partial charge in [0, 0.05) is 98.7 Å². The van der Waals surface area contributed by atoms with Gasteiger partial charge in [-0.1, -0.05) is 12.0 Å². The average Bonchev–Trinajstić information content (AvgIpc) is 3.94. The number of phenols is 1. The summed E-state index contributed by atoms with van der Waals surface area (Å²) in [6, 6.07) is 5.88. The number of aryl methyl sites for hydroxylation is 1. The smallest absolute Gasteiger partial charge is 0.319 e. The van der Waals surface area contributed by atoms with Crippen molar-refractivity contribution in [1.82, 2.24) is 29.5 Å². The summed E-state index contributed by atoms with van der Waals surface area (Å²) in [4.78, 5) is 16.8. The van der Waals surface area contributed by atoms with Crippen molar-refractivity contribution < 1.29 is 32.1 Å². The molecule has 1 N–H and O–H groups in total. The summed E-state index contributed by atoms with van der Waals surface area (Å²) in [5, 5.41) is 17.5. The number of terminal acetylenes is 1. The number of piperazine rings is 1. The lowest BCUT2D eigenvalue weighted by molar-refractivity contribution is -0.0484. The Morgan fingerprint density at radius 1 is 1.02 bits per heavy atom. The first-order valence-electron chi connectivity index (χ1n) is 19.5. The lowest BCUT2D eigenvalue weighted by Gasteiger charge is -2.44. The highest BCUT2D eigenvalue weighted by molar-refractivity contribution is 6.18. The Bertz CT molecular complexity index is 2510. The lowest BCUT2D eigenvalue weighted by Crippen LogP contribution is -2.56. The van der Waals surface area contributed by atoms with Gasteiger partial charge in [-0.05, 0) is 54.8 Å². The zero-order valence-electron chi connectivity index (χ0n) is 31.0. The maximum atomic E-state index is 17.8. The number of ether oxygens (including phenoxy) is 2. The standard InChI is InChI=1S/C42H41F4N7O3/c1-3-28-31(43)7-4-24-10-27(54)11-29(32(24)28)33-35(44)37-34(30-15-50(2)49-36(30)33)38(53-25-5-6-26(53)14-51(13-25)12-23-16-55-17-23)48-39(47-37)56-22-40(8-9-40)19-52-20-41(21-52)18-42(41,45)46/h1,4,7,10-11,15,23,25-26,54H,5-6,8-9,12-14,16-22H2,2H3. The molecular formula is C42H41F4N7O3. The number of hydrogen-bond donors (Lipinski definition) is 1. The molecule has 14 heteroatoms. The van der Waals surface area contributed by atoms with E-state index in [9.17, 15) is 13.9 Å². The molecule has 0 amide bonds. The van der Waals surface area contributed by atoms with E-state index in [1.165, 1.54) is 24.3 Å². The van der Waals surface area contributed by atoms with Gasteiger partial charge in [-0.25, -0.2) is 17.6 Å². The third-order valence-electron chi connectivity index (χ3n) is 13.4. The van der Waals surface area contributed by atoms with E-state index < -0.39 is 23.0 Å². The number of aromatic hydroxyl groups is 1. The summed E-state index contributed by atoms with van der Waals surface area (Å²) in [5.41, 5.74) is -0.568. The first kappa shape index (κ1) is 34.5. The minimum Gasteiger partial charge on any atom is -0.508 e.